The van der Waals surface area contributed by atoms with Crippen molar-refractivity contribution < 1.29 is 18.3 Å². The van der Waals surface area contributed by atoms with Gasteiger partial charge in [0.15, 0.2) is 0 Å². The number of anilines is 1. The number of benzene rings is 1. The second kappa shape index (κ2) is 6.55. The van der Waals surface area contributed by atoms with Gasteiger partial charge >= 0.3 is 6.03 Å². The van der Waals surface area contributed by atoms with Gasteiger partial charge in [-0.15, -0.1) is 0 Å². The fourth-order valence-corrected chi connectivity index (χ4v) is 2.33. The van der Waals surface area contributed by atoms with E-state index in [1.54, 1.807) is 0 Å². The Morgan fingerprint density at radius 1 is 1.30 bits per heavy atom. The number of amides is 2. The molecule has 1 aromatic heterocycles. The summed E-state index contributed by atoms with van der Waals surface area (Å²) in [6.07, 6.45) is 4.89. The summed E-state index contributed by atoms with van der Waals surface area (Å²) in [5, 5.41) is 2.26. The Labute approximate surface area is 131 Å². The number of urea groups is 1. The highest BCUT2D eigenvalue weighted by Gasteiger charge is 2.28. The van der Waals surface area contributed by atoms with Crippen LogP contribution in [0.5, 0.6) is 5.88 Å². The molecule has 6 nitrogen and oxygen atoms in total. The largest absolute Gasteiger partial charge is 0.471 e. The summed E-state index contributed by atoms with van der Waals surface area (Å²) in [4.78, 5) is 21.4. The summed E-state index contributed by atoms with van der Waals surface area (Å²) in [5.41, 5.74) is -0.448. The molecule has 120 valence electrons. The van der Waals surface area contributed by atoms with E-state index in [1.807, 2.05) is 0 Å². The minimum absolute atomic E-state index is 0.233. The first-order valence-electron chi connectivity index (χ1n) is 7.06. The fourth-order valence-electron chi connectivity index (χ4n) is 2.33. The third-order valence-electron chi connectivity index (χ3n) is 3.45. The molecule has 1 aliphatic rings. The van der Waals surface area contributed by atoms with Crippen molar-refractivity contribution in [2.24, 2.45) is 0 Å². The Kier molecular flexibility index (Phi) is 4.31. The smallest absolute Gasteiger partial charge is 0.322 e. The maximum atomic E-state index is 13.5. The fraction of sp³-hybridized carbons (Fsp3) is 0.267. The Balaban J connectivity index is 1.59. The molecule has 0 saturated carbocycles. The van der Waals surface area contributed by atoms with E-state index >= 15 is 0 Å². The predicted octanol–water partition coefficient (Wildman–Crippen LogP) is 2.44. The highest BCUT2D eigenvalue weighted by molar-refractivity contribution is 5.89. The van der Waals surface area contributed by atoms with Gasteiger partial charge in [0.2, 0.25) is 5.88 Å². The third kappa shape index (κ3) is 3.53. The zero-order valence-corrected chi connectivity index (χ0v) is 12.1. The van der Waals surface area contributed by atoms with Crippen LogP contribution >= 0.6 is 0 Å². The van der Waals surface area contributed by atoms with E-state index in [-0.39, 0.29) is 6.10 Å². The van der Waals surface area contributed by atoms with Crippen molar-refractivity contribution in [3.8, 4) is 5.88 Å². The first-order chi connectivity index (χ1) is 11.1. The average molecular weight is 320 g/mol. The first-order valence-corrected chi connectivity index (χ1v) is 7.06. The van der Waals surface area contributed by atoms with Crippen LogP contribution in [-0.4, -0.2) is 40.1 Å². The van der Waals surface area contributed by atoms with Crippen LogP contribution in [0.1, 0.15) is 6.42 Å². The number of ether oxygens (including phenoxy) is 1. The van der Waals surface area contributed by atoms with E-state index in [2.05, 4.69) is 15.3 Å². The number of halogens is 2. The lowest BCUT2D eigenvalue weighted by Crippen LogP contribution is -2.35. The minimum atomic E-state index is -0.815. The average Bonchev–Trinajstić information content (AvgIpc) is 3.00. The molecule has 1 fully saturated rings. The maximum absolute atomic E-state index is 13.5. The number of para-hydroxylation sites is 1. The van der Waals surface area contributed by atoms with E-state index in [4.69, 9.17) is 4.74 Å². The normalized spacial score (nSPS) is 17.1. The maximum Gasteiger partial charge on any atom is 0.322 e. The second-order valence-electron chi connectivity index (χ2n) is 5.05. The van der Waals surface area contributed by atoms with Gasteiger partial charge in [0.25, 0.3) is 0 Å². The zero-order valence-electron chi connectivity index (χ0n) is 12.1. The number of aromatic nitrogens is 2. The Morgan fingerprint density at radius 2 is 2.09 bits per heavy atom. The molecule has 23 heavy (non-hydrogen) atoms. The molecule has 1 atom stereocenters. The molecule has 0 radical (unpaired) electrons. The quantitative estimate of drug-likeness (QED) is 0.943. The van der Waals surface area contributed by atoms with Gasteiger partial charge in [-0.05, 0) is 12.1 Å². The molecule has 2 aromatic rings. The van der Waals surface area contributed by atoms with Crippen molar-refractivity contribution in [3.05, 3.63) is 48.4 Å². The SMILES string of the molecule is O=C(Nc1c(F)cccc1F)N1CCC(Oc2cnccn2)C1. The molecule has 2 amide bonds. The number of nitrogens with zero attached hydrogens (tertiary/aromatic N) is 3. The highest BCUT2D eigenvalue weighted by atomic mass is 19.1. The molecule has 0 bridgehead atoms. The van der Waals surface area contributed by atoms with Gasteiger partial charge in [0.1, 0.15) is 23.4 Å². The van der Waals surface area contributed by atoms with Crippen LogP contribution in [0.3, 0.4) is 0 Å². The van der Waals surface area contributed by atoms with Gasteiger partial charge in [0, 0.05) is 25.4 Å². The van der Waals surface area contributed by atoms with E-state index in [1.165, 1.54) is 29.6 Å². The molecule has 1 aromatic carbocycles. The topological polar surface area (TPSA) is 67.4 Å². The van der Waals surface area contributed by atoms with Gasteiger partial charge in [0.05, 0.1) is 12.7 Å². The number of nitrogens with one attached hydrogen (secondary N) is 1. The van der Waals surface area contributed by atoms with E-state index in [0.29, 0.717) is 25.4 Å². The summed E-state index contributed by atoms with van der Waals surface area (Å²) >= 11 is 0. The molecule has 0 spiro atoms. The molecular formula is C15H14F2N4O2. The van der Waals surface area contributed by atoms with Crippen molar-refractivity contribution in [3.63, 3.8) is 0 Å². The Bertz CT molecular complexity index is 679. The molecule has 1 unspecified atom stereocenters. The third-order valence-corrected chi connectivity index (χ3v) is 3.45. The van der Waals surface area contributed by atoms with Gasteiger partial charge < -0.3 is 15.0 Å². The van der Waals surface area contributed by atoms with Crippen LogP contribution in [0.25, 0.3) is 0 Å². The van der Waals surface area contributed by atoms with Crippen molar-refractivity contribution >= 4 is 11.7 Å². The second-order valence-corrected chi connectivity index (χ2v) is 5.05. The van der Waals surface area contributed by atoms with Crippen molar-refractivity contribution in [2.45, 2.75) is 12.5 Å². The molecule has 1 N–H and O–H groups in total. The number of hydrogen-bond donors (Lipinski definition) is 1. The molecule has 3 rings (SSSR count). The van der Waals surface area contributed by atoms with Crippen LogP contribution < -0.4 is 10.1 Å². The van der Waals surface area contributed by atoms with Crippen LogP contribution in [0, 0.1) is 11.6 Å². The van der Waals surface area contributed by atoms with Crippen LogP contribution in [0.4, 0.5) is 19.3 Å². The molecular weight excluding hydrogens is 306 g/mol. The van der Waals surface area contributed by atoms with E-state index in [0.717, 1.165) is 12.1 Å². The molecule has 2 heterocycles. The number of rotatable bonds is 3. The highest BCUT2D eigenvalue weighted by Crippen LogP contribution is 2.20. The van der Waals surface area contributed by atoms with E-state index < -0.39 is 23.4 Å². The Morgan fingerprint density at radius 3 is 2.78 bits per heavy atom. The number of hydrogen-bond acceptors (Lipinski definition) is 4. The van der Waals surface area contributed by atoms with Gasteiger partial charge in [-0.2, -0.15) is 0 Å². The van der Waals surface area contributed by atoms with Gasteiger partial charge in [-0.3, -0.25) is 4.98 Å². The number of carbonyl (C=O) groups is 1. The molecule has 0 aliphatic carbocycles. The van der Waals surface area contributed by atoms with Crippen molar-refractivity contribution in [1.29, 1.82) is 0 Å². The lowest BCUT2D eigenvalue weighted by Gasteiger charge is -2.18. The van der Waals surface area contributed by atoms with Crippen molar-refractivity contribution in [1.82, 2.24) is 14.9 Å². The van der Waals surface area contributed by atoms with Crippen LogP contribution in [0.2, 0.25) is 0 Å². The Hall–Kier alpha value is -2.77. The van der Waals surface area contributed by atoms with Crippen LogP contribution in [-0.2, 0) is 0 Å². The summed E-state index contributed by atoms with van der Waals surface area (Å²) in [7, 11) is 0. The van der Waals surface area contributed by atoms with Gasteiger partial charge in [-0.25, -0.2) is 18.6 Å². The van der Waals surface area contributed by atoms with Gasteiger partial charge in [-0.1, -0.05) is 6.07 Å². The summed E-state index contributed by atoms with van der Waals surface area (Å²) in [5.74, 6) is -1.25. The number of likely N-dealkylation sites (tertiary alicyclic amines) is 1. The standard InChI is InChI=1S/C15H14F2N4O2/c16-11-2-1-3-12(17)14(11)20-15(22)21-7-4-10(9-21)23-13-8-18-5-6-19-13/h1-3,5-6,8,10H,4,7,9H2,(H,20,22). The summed E-state index contributed by atoms with van der Waals surface area (Å²) < 4.78 is 32.7. The molecule has 8 heteroatoms. The number of carbonyl (C=O) groups excluding carboxylic acids is 1. The molecule has 1 aliphatic heterocycles. The lowest BCUT2D eigenvalue weighted by molar-refractivity contribution is 0.189. The predicted molar refractivity (Wildman–Crippen MR) is 78.0 cm³/mol. The lowest BCUT2D eigenvalue weighted by atomic mass is 10.3. The molecule has 1 saturated heterocycles. The van der Waals surface area contributed by atoms with Crippen LogP contribution in [0.15, 0.2) is 36.8 Å². The monoisotopic (exact) mass is 320 g/mol. The first kappa shape index (κ1) is 15.1. The zero-order chi connectivity index (χ0) is 16.2. The van der Waals surface area contributed by atoms with Crippen molar-refractivity contribution in [2.75, 3.05) is 18.4 Å². The summed E-state index contributed by atoms with van der Waals surface area (Å²) in [6, 6.07) is 2.84. The minimum Gasteiger partial charge on any atom is -0.471 e. The van der Waals surface area contributed by atoms with E-state index in [9.17, 15) is 13.6 Å². The summed E-state index contributed by atoms with van der Waals surface area (Å²) in [6.45, 7) is 0.727.